The van der Waals surface area contributed by atoms with Crippen LogP contribution in [0.25, 0.3) is 10.9 Å². The maximum Gasteiger partial charge on any atom is 0.305 e. The molecule has 2 aromatic rings. The number of rotatable bonds is 11. The summed E-state index contributed by atoms with van der Waals surface area (Å²) in [4.78, 5) is 39.9. The maximum absolute atomic E-state index is 12.7. The highest BCUT2D eigenvalue weighted by atomic mass is 16.5. The molecule has 29 heavy (non-hydrogen) atoms. The van der Waals surface area contributed by atoms with Crippen LogP contribution in [0.2, 0.25) is 0 Å². The number of carbonyl (C=O) groups is 2. The first-order valence-electron chi connectivity index (χ1n) is 9.44. The second-order valence-electron chi connectivity index (χ2n) is 6.45. The summed E-state index contributed by atoms with van der Waals surface area (Å²) in [7, 11) is 4.38. The number of hydrogen-bond acceptors (Lipinski definition) is 7. The molecule has 0 saturated carbocycles. The van der Waals surface area contributed by atoms with Gasteiger partial charge in [0.2, 0.25) is 5.91 Å². The molecule has 9 nitrogen and oxygen atoms in total. The lowest BCUT2D eigenvalue weighted by molar-refractivity contribution is -0.140. The molecule has 0 saturated heterocycles. The number of aromatic nitrogens is 2. The van der Waals surface area contributed by atoms with Crippen molar-refractivity contribution in [3.8, 4) is 11.5 Å². The second kappa shape index (κ2) is 11.0. The van der Waals surface area contributed by atoms with Crippen molar-refractivity contribution in [3.05, 3.63) is 28.8 Å². The van der Waals surface area contributed by atoms with Crippen LogP contribution in [0.5, 0.6) is 11.5 Å². The molecular weight excluding hydrogens is 378 g/mol. The molecule has 1 N–H and O–H groups in total. The highest BCUT2D eigenvalue weighted by Crippen LogP contribution is 2.29. The van der Waals surface area contributed by atoms with E-state index in [1.165, 1.54) is 32.2 Å². The number of fused-ring (bicyclic) bond motifs is 1. The Bertz CT molecular complexity index is 909. The van der Waals surface area contributed by atoms with Gasteiger partial charge in [-0.3, -0.25) is 19.0 Å². The number of nitrogens with zero attached hydrogens (tertiary/aromatic N) is 2. The van der Waals surface area contributed by atoms with Crippen LogP contribution in [-0.4, -0.2) is 49.3 Å². The SMILES string of the molecule is COC(=O)CCCCNC(=O)CCCn1cnc2cc(OC)c(OC)cc2c1=O. The van der Waals surface area contributed by atoms with Gasteiger partial charge in [0, 0.05) is 32.0 Å². The van der Waals surface area contributed by atoms with E-state index >= 15 is 0 Å². The van der Waals surface area contributed by atoms with Crippen molar-refractivity contribution >= 4 is 22.8 Å². The van der Waals surface area contributed by atoms with Crippen molar-refractivity contribution in [2.75, 3.05) is 27.9 Å². The second-order valence-corrected chi connectivity index (χ2v) is 6.45. The van der Waals surface area contributed by atoms with Gasteiger partial charge in [-0.05, 0) is 25.3 Å². The smallest absolute Gasteiger partial charge is 0.305 e. The molecular formula is C20H27N3O6. The molecule has 1 aromatic carbocycles. The molecule has 0 atom stereocenters. The van der Waals surface area contributed by atoms with Crippen LogP contribution in [0.3, 0.4) is 0 Å². The van der Waals surface area contributed by atoms with Gasteiger partial charge < -0.3 is 19.5 Å². The van der Waals surface area contributed by atoms with Gasteiger partial charge in [-0.25, -0.2) is 4.98 Å². The van der Waals surface area contributed by atoms with Crippen molar-refractivity contribution < 1.29 is 23.8 Å². The normalized spacial score (nSPS) is 10.6. The molecule has 0 aliphatic carbocycles. The predicted octanol–water partition coefficient (Wildman–Crippen LogP) is 1.65. The van der Waals surface area contributed by atoms with Crippen LogP contribution >= 0.6 is 0 Å². The first-order chi connectivity index (χ1) is 14.0. The number of methoxy groups -OCH3 is 3. The van der Waals surface area contributed by atoms with E-state index in [-0.39, 0.29) is 17.4 Å². The minimum atomic E-state index is -0.248. The molecule has 0 unspecified atom stereocenters. The lowest BCUT2D eigenvalue weighted by atomic mass is 10.2. The quantitative estimate of drug-likeness (QED) is 0.447. The minimum Gasteiger partial charge on any atom is -0.493 e. The van der Waals surface area contributed by atoms with Crippen LogP contribution in [0, 0.1) is 0 Å². The van der Waals surface area contributed by atoms with E-state index in [0.717, 1.165) is 0 Å². The van der Waals surface area contributed by atoms with E-state index in [4.69, 9.17) is 9.47 Å². The standard InChI is InChI=1S/C20H27N3O6/c1-27-16-11-14-15(12-17(16)28-2)22-13-23(20(14)26)10-6-7-18(24)21-9-5-4-8-19(25)29-3/h11-13H,4-10H2,1-3H3,(H,21,24). The zero-order chi connectivity index (χ0) is 21.2. The Hall–Kier alpha value is -3.10. The van der Waals surface area contributed by atoms with Crippen molar-refractivity contribution in [2.24, 2.45) is 0 Å². The number of esters is 1. The molecule has 158 valence electrons. The van der Waals surface area contributed by atoms with Gasteiger partial charge in [-0.1, -0.05) is 0 Å². The van der Waals surface area contributed by atoms with Crippen molar-refractivity contribution in [1.29, 1.82) is 0 Å². The highest BCUT2D eigenvalue weighted by Gasteiger charge is 2.11. The Morgan fingerprint density at radius 3 is 2.45 bits per heavy atom. The number of nitrogens with one attached hydrogen (secondary N) is 1. The number of unbranched alkanes of at least 4 members (excludes halogenated alkanes) is 1. The van der Waals surface area contributed by atoms with Crippen molar-refractivity contribution in [3.63, 3.8) is 0 Å². The van der Waals surface area contributed by atoms with E-state index < -0.39 is 0 Å². The molecule has 0 bridgehead atoms. The molecule has 0 radical (unpaired) electrons. The van der Waals surface area contributed by atoms with Crippen molar-refractivity contribution in [2.45, 2.75) is 38.6 Å². The van der Waals surface area contributed by atoms with Gasteiger partial charge in [-0.15, -0.1) is 0 Å². The van der Waals surface area contributed by atoms with Crippen LogP contribution < -0.4 is 20.3 Å². The van der Waals surface area contributed by atoms with Gasteiger partial charge in [0.15, 0.2) is 11.5 Å². The summed E-state index contributed by atoms with van der Waals surface area (Å²) >= 11 is 0. The molecule has 9 heteroatoms. The van der Waals surface area contributed by atoms with E-state index in [9.17, 15) is 14.4 Å². The van der Waals surface area contributed by atoms with Gasteiger partial charge in [0.05, 0.1) is 38.6 Å². The van der Waals surface area contributed by atoms with Crippen LogP contribution in [0.4, 0.5) is 0 Å². The summed E-state index contributed by atoms with van der Waals surface area (Å²) in [5.41, 5.74) is 0.327. The van der Waals surface area contributed by atoms with Crippen LogP contribution in [-0.2, 0) is 20.9 Å². The summed E-state index contributed by atoms with van der Waals surface area (Å²) in [5, 5.41) is 3.24. The highest BCUT2D eigenvalue weighted by molar-refractivity contribution is 5.81. The number of carbonyl (C=O) groups excluding carboxylic acids is 2. The molecule has 2 rings (SSSR count). The summed E-state index contributed by atoms with van der Waals surface area (Å²) in [6.07, 6.45) is 4.00. The Morgan fingerprint density at radius 1 is 1.03 bits per heavy atom. The zero-order valence-corrected chi connectivity index (χ0v) is 17.0. The first-order valence-corrected chi connectivity index (χ1v) is 9.44. The third kappa shape index (κ3) is 6.20. The average molecular weight is 405 g/mol. The monoisotopic (exact) mass is 405 g/mol. The molecule has 1 heterocycles. The average Bonchev–Trinajstić information content (AvgIpc) is 2.74. The van der Waals surface area contributed by atoms with E-state index in [1.54, 1.807) is 12.1 Å². The summed E-state index contributed by atoms with van der Waals surface area (Å²) < 4.78 is 16.5. The molecule has 1 amide bonds. The van der Waals surface area contributed by atoms with Gasteiger partial charge in [0.25, 0.3) is 5.56 Å². The molecule has 0 aliphatic rings. The third-order valence-electron chi connectivity index (χ3n) is 4.49. The van der Waals surface area contributed by atoms with Gasteiger partial charge >= 0.3 is 5.97 Å². The summed E-state index contributed by atoms with van der Waals surface area (Å²) in [5.74, 6) is 0.634. The number of hydrogen-bond donors (Lipinski definition) is 1. The summed E-state index contributed by atoms with van der Waals surface area (Å²) in [6.45, 7) is 0.890. The fourth-order valence-electron chi connectivity index (χ4n) is 2.87. The number of benzene rings is 1. The predicted molar refractivity (Wildman–Crippen MR) is 107 cm³/mol. The van der Waals surface area contributed by atoms with Gasteiger partial charge in [-0.2, -0.15) is 0 Å². The lowest BCUT2D eigenvalue weighted by Gasteiger charge is -2.10. The fourth-order valence-corrected chi connectivity index (χ4v) is 2.87. The number of amides is 1. The Morgan fingerprint density at radius 2 is 1.76 bits per heavy atom. The van der Waals surface area contributed by atoms with E-state index in [0.29, 0.717) is 67.6 Å². The third-order valence-corrected chi connectivity index (χ3v) is 4.49. The van der Waals surface area contributed by atoms with Crippen LogP contribution in [0.15, 0.2) is 23.3 Å². The zero-order valence-electron chi connectivity index (χ0n) is 17.0. The maximum atomic E-state index is 12.7. The van der Waals surface area contributed by atoms with E-state index in [2.05, 4.69) is 15.0 Å². The fraction of sp³-hybridized carbons (Fsp3) is 0.500. The van der Waals surface area contributed by atoms with Crippen molar-refractivity contribution in [1.82, 2.24) is 14.9 Å². The minimum absolute atomic E-state index is 0.0868. The Kier molecular flexibility index (Phi) is 8.45. The topological polar surface area (TPSA) is 109 Å². The lowest BCUT2D eigenvalue weighted by Crippen LogP contribution is -2.26. The Labute approximate surface area is 169 Å². The number of ether oxygens (including phenoxy) is 3. The summed E-state index contributed by atoms with van der Waals surface area (Å²) in [6, 6.07) is 3.27. The van der Waals surface area contributed by atoms with E-state index in [1.807, 2.05) is 0 Å². The molecule has 0 fully saturated rings. The van der Waals surface area contributed by atoms with Crippen LogP contribution in [0.1, 0.15) is 32.1 Å². The molecule has 0 spiro atoms. The first kappa shape index (κ1) is 22.2. The number of aryl methyl sites for hydroxylation is 1. The molecule has 1 aromatic heterocycles. The Balaban J connectivity index is 1.86. The van der Waals surface area contributed by atoms with Gasteiger partial charge in [0.1, 0.15) is 0 Å². The largest absolute Gasteiger partial charge is 0.493 e. The molecule has 0 aliphatic heterocycles.